The van der Waals surface area contributed by atoms with E-state index in [9.17, 15) is 9.50 Å². The van der Waals surface area contributed by atoms with Gasteiger partial charge in [-0.3, -0.25) is 9.88 Å². The lowest BCUT2D eigenvalue weighted by Gasteiger charge is -2.37. The highest BCUT2D eigenvalue weighted by molar-refractivity contribution is 5.07. The summed E-state index contributed by atoms with van der Waals surface area (Å²) in [6.07, 6.45) is 1.18. The monoisotopic (exact) mass is 281 g/mol. The van der Waals surface area contributed by atoms with E-state index in [-0.39, 0.29) is 5.82 Å². The third kappa shape index (κ3) is 4.23. The number of hydrogen-bond donors (Lipinski definition) is 1. The predicted octanol–water partition coefficient (Wildman–Crippen LogP) is 1.67. The first-order valence-corrected chi connectivity index (χ1v) is 7.32. The highest BCUT2D eigenvalue weighted by Crippen LogP contribution is 2.15. The van der Waals surface area contributed by atoms with Gasteiger partial charge >= 0.3 is 0 Å². The average molecular weight is 281 g/mol. The highest BCUT2D eigenvalue weighted by atomic mass is 19.1. The summed E-state index contributed by atoms with van der Waals surface area (Å²) in [5.74, 6) is -0.370. The zero-order chi connectivity index (χ0) is 14.5. The van der Waals surface area contributed by atoms with Gasteiger partial charge in [-0.25, -0.2) is 4.39 Å². The van der Waals surface area contributed by atoms with E-state index < -0.39 is 6.10 Å². The van der Waals surface area contributed by atoms with Crippen molar-refractivity contribution in [1.29, 1.82) is 0 Å². The molecule has 0 aliphatic carbocycles. The third-order valence-corrected chi connectivity index (χ3v) is 3.95. The highest BCUT2D eigenvalue weighted by Gasteiger charge is 2.19. The molecule has 1 saturated heterocycles. The minimum Gasteiger partial charge on any atom is -0.387 e. The Balaban J connectivity index is 1.74. The van der Waals surface area contributed by atoms with Gasteiger partial charge in [0.2, 0.25) is 0 Å². The molecule has 1 aromatic rings. The molecule has 0 bridgehead atoms. The lowest BCUT2D eigenvalue weighted by Crippen LogP contribution is -2.49. The predicted molar refractivity (Wildman–Crippen MR) is 76.9 cm³/mol. The Kier molecular flexibility index (Phi) is 5.46. The van der Waals surface area contributed by atoms with Crippen LogP contribution in [0.5, 0.6) is 0 Å². The van der Waals surface area contributed by atoms with Crippen molar-refractivity contribution in [2.24, 2.45) is 0 Å². The Morgan fingerprint density at radius 3 is 2.50 bits per heavy atom. The molecule has 2 heterocycles. The van der Waals surface area contributed by atoms with Crippen molar-refractivity contribution in [3.05, 3.63) is 29.8 Å². The van der Waals surface area contributed by atoms with Crippen LogP contribution in [0, 0.1) is 5.82 Å². The maximum absolute atomic E-state index is 12.8. The SMILES string of the molecule is CC(C)N1CCN(CCC(O)c2ccc(F)cn2)CC1. The van der Waals surface area contributed by atoms with Crippen molar-refractivity contribution in [2.75, 3.05) is 32.7 Å². The first-order valence-electron chi connectivity index (χ1n) is 7.32. The second-order valence-corrected chi connectivity index (χ2v) is 5.68. The van der Waals surface area contributed by atoms with E-state index in [0.29, 0.717) is 18.2 Å². The van der Waals surface area contributed by atoms with Gasteiger partial charge < -0.3 is 10.0 Å². The van der Waals surface area contributed by atoms with Crippen LogP contribution in [0.2, 0.25) is 0 Å². The van der Waals surface area contributed by atoms with Gasteiger partial charge in [0.05, 0.1) is 18.0 Å². The van der Waals surface area contributed by atoms with Gasteiger partial charge in [-0.15, -0.1) is 0 Å². The number of pyridine rings is 1. The molecule has 20 heavy (non-hydrogen) atoms. The summed E-state index contributed by atoms with van der Waals surface area (Å²) < 4.78 is 12.8. The van der Waals surface area contributed by atoms with E-state index in [1.807, 2.05) is 0 Å². The standard InChI is InChI=1S/C15H24FN3O/c1-12(2)19-9-7-18(8-10-19)6-5-15(20)14-4-3-13(16)11-17-14/h3-4,11-12,15,20H,5-10H2,1-2H3. The number of aromatic nitrogens is 1. The zero-order valence-corrected chi connectivity index (χ0v) is 12.3. The first kappa shape index (κ1) is 15.4. The van der Waals surface area contributed by atoms with Gasteiger partial charge in [-0.05, 0) is 32.4 Å². The Bertz CT molecular complexity index is 402. The number of piperazine rings is 1. The first-order chi connectivity index (χ1) is 9.56. The molecule has 2 rings (SSSR count). The van der Waals surface area contributed by atoms with Gasteiger partial charge in [-0.1, -0.05) is 0 Å². The minimum atomic E-state index is -0.612. The smallest absolute Gasteiger partial charge is 0.141 e. The third-order valence-electron chi connectivity index (χ3n) is 3.95. The number of aliphatic hydroxyl groups is 1. The molecular formula is C15H24FN3O. The molecule has 1 fully saturated rings. The fourth-order valence-electron chi connectivity index (χ4n) is 2.54. The topological polar surface area (TPSA) is 39.6 Å². The van der Waals surface area contributed by atoms with Gasteiger partial charge in [0.25, 0.3) is 0 Å². The molecule has 0 amide bonds. The molecule has 1 N–H and O–H groups in total. The van der Waals surface area contributed by atoms with Gasteiger partial charge in [0.15, 0.2) is 0 Å². The van der Waals surface area contributed by atoms with Crippen LogP contribution in [0.15, 0.2) is 18.3 Å². The lowest BCUT2D eigenvalue weighted by molar-refractivity contribution is 0.0871. The zero-order valence-electron chi connectivity index (χ0n) is 12.3. The van der Waals surface area contributed by atoms with Crippen LogP contribution in [0.3, 0.4) is 0 Å². The van der Waals surface area contributed by atoms with Crippen LogP contribution in [-0.4, -0.2) is 58.7 Å². The van der Waals surface area contributed by atoms with E-state index in [2.05, 4.69) is 28.6 Å². The Labute approximate surface area is 120 Å². The normalized spacial score (nSPS) is 19.4. The maximum atomic E-state index is 12.8. The Morgan fingerprint density at radius 2 is 1.95 bits per heavy atom. The molecule has 0 radical (unpaired) electrons. The molecule has 112 valence electrons. The summed E-state index contributed by atoms with van der Waals surface area (Å²) in [4.78, 5) is 8.76. The summed E-state index contributed by atoms with van der Waals surface area (Å²) in [7, 11) is 0. The van der Waals surface area contributed by atoms with E-state index in [1.54, 1.807) is 6.07 Å². The van der Waals surface area contributed by atoms with Gasteiger partial charge in [0, 0.05) is 38.8 Å². The van der Waals surface area contributed by atoms with Crippen molar-refractivity contribution in [2.45, 2.75) is 32.4 Å². The molecule has 1 aliphatic rings. The van der Waals surface area contributed by atoms with E-state index in [1.165, 1.54) is 6.07 Å². The summed E-state index contributed by atoms with van der Waals surface area (Å²) in [6, 6.07) is 3.50. The fourth-order valence-corrected chi connectivity index (χ4v) is 2.54. The molecular weight excluding hydrogens is 257 g/mol. The van der Waals surface area contributed by atoms with Crippen molar-refractivity contribution < 1.29 is 9.50 Å². The van der Waals surface area contributed by atoms with Crippen molar-refractivity contribution in [1.82, 2.24) is 14.8 Å². The van der Waals surface area contributed by atoms with Gasteiger partial charge in [-0.2, -0.15) is 0 Å². The summed E-state index contributed by atoms with van der Waals surface area (Å²) in [6.45, 7) is 9.56. The summed E-state index contributed by atoms with van der Waals surface area (Å²) in [5, 5.41) is 10.1. The molecule has 1 aliphatic heterocycles. The number of rotatable bonds is 5. The molecule has 0 saturated carbocycles. The summed E-state index contributed by atoms with van der Waals surface area (Å²) >= 11 is 0. The number of halogens is 1. The second kappa shape index (κ2) is 7.11. The van der Waals surface area contributed by atoms with E-state index in [0.717, 1.165) is 38.9 Å². The number of aliphatic hydroxyl groups excluding tert-OH is 1. The maximum Gasteiger partial charge on any atom is 0.141 e. The van der Waals surface area contributed by atoms with Crippen molar-refractivity contribution in [3.63, 3.8) is 0 Å². The molecule has 1 atom stereocenters. The van der Waals surface area contributed by atoms with Crippen LogP contribution in [0.4, 0.5) is 4.39 Å². The minimum absolute atomic E-state index is 0.370. The molecule has 4 nitrogen and oxygen atoms in total. The van der Waals surface area contributed by atoms with E-state index in [4.69, 9.17) is 0 Å². The van der Waals surface area contributed by atoms with Crippen LogP contribution >= 0.6 is 0 Å². The second-order valence-electron chi connectivity index (χ2n) is 5.68. The average Bonchev–Trinajstić information content (AvgIpc) is 2.46. The quantitative estimate of drug-likeness (QED) is 0.891. The van der Waals surface area contributed by atoms with Crippen LogP contribution < -0.4 is 0 Å². The van der Waals surface area contributed by atoms with Crippen molar-refractivity contribution >= 4 is 0 Å². The molecule has 1 aromatic heterocycles. The van der Waals surface area contributed by atoms with Crippen molar-refractivity contribution in [3.8, 4) is 0 Å². The van der Waals surface area contributed by atoms with Crippen LogP contribution in [0.25, 0.3) is 0 Å². The lowest BCUT2D eigenvalue weighted by atomic mass is 10.1. The van der Waals surface area contributed by atoms with Gasteiger partial charge in [0.1, 0.15) is 5.82 Å². The summed E-state index contributed by atoms with van der Waals surface area (Å²) in [5.41, 5.74) is 0.548. The Hall–Kier alpha value is -1.04. The number of hydrogen-bond acceptors (Lipinski definition) is 4. The molecule has 0 aromatic carbocycles. The van der Waals surface area contributed by atoms with Crippen LogP contribution in [-0.2, 0) is 0 Å². The fraction of sp³-hybridized carbons (Fsp3) is 0.667. The molecule has 1 unspecified atom stereocenters. The van der Waals surface area contributed by atoms with Crippen LogP contribution in [0.1, 0.15) is 32.1 Å². The Morgan fingerprint density at radius 1 is 1.25 bits per heavy atom. The molecule has 0 spiro atoms. The van der Waals surface area contributed by atoms with E-state index >= 15 is 0 Å². The largest absolute Gasteiger partial charge is 0.387 e. The molecule has 5 heteroatoms. The number of nitrogens with zero attached hydrogens (tertiary/aromatic N) is 3.